The Balaban J connectivity index is 2.55. The van der Waals surface area contributed by atoms with Crippen LogP contribution in [0.1, 0.15) is 18.9 Å². The van der Waals surface area contributed by atoms with E-state index < -0.39 is 6.04 Å². The first-order valence-corrected chi connectivity index (χ1v) is 8.14. The Morgan fingerprint density at radius 1 is 1.40 bits per heavy atom. The largest absolute Gasteiger partial charge is 0.508 e. The van der Waals surface area contributed by atoms with E-state index in [4.69, 9.17) is 5.73 Å². The number of hydrogen-bond acceptors (Lipinski definition) is 4. The number of benzene rings is 1. The van der Waals surface area contributed by atoms with Crippen molar-refractivity contribution >= 4 is 17.7 Å². The van der Waals surface area contributed by atoms with E-state index in [1.165, 1.54) is 0 Å². The van der Waals surface area contributed by atoms with Crippen molar-refractivity contribution in [1.82, 2.24) is 4.90 Å². The van der Waals surface area contributed by atoms with Crippen LogP contribution in [0.5, 0.6) is 5.75 Å². The first kappa shape index (κ1) is 16.9. The van der Waals surface area contributed by atoms with Crippen LogP contribution in [0.4, 0.5) is 0 Å². The van der Waals surface area contributed by atoms with Crippen molar-refractivity contribution in [2.24, 2.45) is 5.73 Å². The average Bonchev–Trinajstić information content (AvgIpc) is 2.45. The minimum Gasteiger partial charge on any atom is -0.508 e. The summed E-state index contributed by atoms with van der Waals surface area (Å²) in [5.41, 5.74) is 6.95. The number of carbonyl (C=O) groups excluding carboxylic acids is 1. The van der Waals surface area contributed by atoms with Crippen LogP contribution in [0.2, 0.25) is 0 Å². The fourth-order valence-electron chi connectivity index (χ4n) is 1.93. The number of amides is 1. The second-order valence-electron chi connectivity index (χ2n) is 5.06. The van der Waals surface area contributed by atoms with E-state index in [1.54, 1.807) is 40.9 Å². The first-order chi connectivity index (χ1) is 9.45. The number of carbonyl (C=O) groups is 1. The molecule has 0 radical (unpaired) electrons. The Bertz CT molecular complexity index is 422. The molecule has 0 aliphatic heterocycles. The molecule has 0 saturated heterocycles. The second kappa shape index (κ2) is 8.17. The smallest absolute Gasteiger partial charge is 0.239 e. The molecule has 0 fully saturated rings. The number of rotatable bonds is 7. The van der Waals surface area contributed by atoms with E-state index >= 15 is 0 Å². The van der Waals surface area contributed by atoms with Gasteiger partial charge in [0.25, 0.3) is 0 Å². The summed E-state index contributed by atoms with van der Waals surface area (Å²) < 4.78 is 0. The van der Waals surface area contributed by atoms with Gasteiger partial charge in [-0.3, -0.25) is 4.79 Å². The third kappa shape index (κ3) is 5.06. The molecule has 2 atom stereocenters. The highest BCUT2D eigenvalue weighted by Gasteiger charge is 2.21. The predicted molar refractivity (Wildman–Crippen MR) is 85.0 cm³/mol. The molecule has 0 saturated carbocycles. The van der Waals surface area contributed by atoms with Crippen LogP contribution < -0.4 is 5.73 Å². The first-order valence-electron chi connectivity index (χ1n) is 6.74. The van der Waals surface area contributed by atoms with Crippen molar-refractivity contribution in [3.63, 3.8) is 0 Å². The molecule has 0 aromatic heterocycles. The summed E-state index contributed by atoms with van der Waals surface area (Å²) in [5, 5.41) is 9.24. The lowest BCUT2D eigenvalue weighted by Crippen LogP contribution is -2.46. The molecule has 4 nitrogen and oxygen atoms in total. The fourth-order valence-corrected chi connectivity index (χ4v) is 2.51. The summed E-state index contributed by atoms with van der Waals surface area (Å²) in [4.78, 5) is 14.0. The van der Waals surface area contributed by atoms with E-state index in [-0.39, 0.29) is 17.7 Å². The highest BCUT2D eigenvalue weighted by atomic mass is 32.2. The van der Waals surface area contributed by atoms with E-state index in [0.29, 0.717) is 6.42 Å². The average molecular weight is 296 g/mol. The Morgan fingerprint density at radius 2 is 2.00 bits per heavy atom. The molecule has 1 rings (SSSR count). The van der Waals surface area contributed by atoms with Crippen LogP contribution in [0.25, 0.3) is 0 Å². The van der Waals surface area contributed by atoms with Crippen LogP contribution >= 0.6 is 11.8 Å². The summed E-state index contributed by atoms with van der Waals surface area (Å²) in [7, 11) is 1.81. The van der Waals surface area contributed by atoms with Crippen LogP contribution in [-0.2, 0) is 11.2 Å². The molecule has 0 bridgehead atoms. The number of likely N-dealkylation sites (N-methyl/N-ethyl adjacent to an activating group) is 1. The van der Waals surface area contributed by atoms with E-state index in [0.717, 1.165) is 17.7 Å². The third-order valence-electron chi connectivity index (χ3n) is 3.46. The number of aromatic hydroxyl groups is 1. The van der Waals surface area contributed by atoms with Crippen LogP contribution in [0.15, 0.2) is 24.3 Å². The Morgan fingerprint density at radius 3 is 2.55 bits per heavy atom. The highest BCUT2D eigenvalue weighted by molar-refractivity contribution is 7.98. The molecule has 0 heterocycles. The van der Waals surface area contributed by atoms with Crippen molar-refractivity contribution < 1.29 is 9.90 Å². The van der Waals surface area contributed by atoms with E-state index in [1.807, 2.05) is 14.0 Å². The zero-order valence-corrected chi connectivity index (χ0v) is 13.2. The molecule has 5 heteroatoms. The van der Waals surface area contributed by atoms with Gasteiger partial charge in [0, 0.05) is 13.1 Å². The molecule has 0 aliphatic rings. The van der Waals surface area contributed by atoms with Crippen molar-refractivity contribution in [3.8, 4) is 5.75 Å². The molecule has 1 amide bonds. The van der Waals surface area contributed by atoms with Gasteiger partial charge < -0.3 is 15.7 Å². The normalized spacial score (nSPS) is 13.8. The second-order valence-corrected chi connectivity index (χ2v) is 6.04. The predicted octanol–water partition coefficient (Wildman–Crippen LogP) is 1.86. The summed E-state index contributed by atoms with van der Waals surface area (Å²) in [6.45, 7) is 2.04. The maximum Gasteiger partial charge on any atom is 0.239 e. The van der Waals surface area contributed by atoms with Gasteiger partial charge in [0.2, 0.25) is 5.91 Å². The summed E-state index contributed by atoms with van der Waals surface area (Å²) in [5.74, 6) is 1.22. The van der Waals surface area contributed by atoms with Crippen LogP contribution in [-0.4, -0.2) is 47.1 Å². The monoisotopic (exact) mass is 296 g/mol. The van der Waals surface area contributed by atoms with Gasteiger partial charge in [-0.15, -0.1) is 0 Å². The van der Waals surface area contributed by atoms with Gasteiger partial charge in [0.05, 0.1) is 6.04 Å². The van der Waals surface area contributed by atoms with Crippen molar-refractivity contribution in [2.75, 3.05) is 19.1 Å². The number of nitrogens with zero attached hydrogens (tertiary/aromatic N) is 1. The molecule has 1 aromatic rings. The molecule has 20 heavy (non-hydrogen) atoms. The maximum atomic E-state index is 12.3. The summed E-state index contributed by atoms with van der Waals surface area (Å²) in [6, 6.07) is 6.45. The van der Waals surface area contributed by atoms with E-state index in [2.05, 4.69) is 6.26 Å². The van der Waals surface area contributed by atoms with Crippen molar-refractivity contribution in [2.45, 2.75) is 31.8 Å². The molecule has 3 N–H and O–H groups in total. The zero-order chi connectivity index (χ0) is 15.1. The van der Waals surface area contributed by atoms with Gasteiger partial charge in [-0.05, 0) is 49.5 Å². The van der Waals surface area contributed by atoms with Gasteiger partial charge >= 0.3 is 0 Å². The topological polar surface area (TPSA) is 66.6 Å². The van der Waals surface area contributed by atoms with E-state index in [9.17, 15) is 9.90 Å². The number of phenolic OH excluding ortho intramolecular Hbond substituents is 1. The number of nitrogens with two attached hydrogens (primary N) is 1. The molecular weight excluding hydrogens is 272 g/mol. The van der Waals surface area contributed by atoms with Crippen molar-refractivity contribution in [1.29, 1.82) is 0 Å². The summed E-state index contributed by atoms with van der Waals surface area (Å²) >= 11 is 1.78. The lowest BCUT2D eigenvalue weighted by atomic mass is 10.0. The standard InChI is InChI=1S/C15H24N2O2S/c1-11(8-9-20-3)17(2)15(19)14(16)10-12-4-6-13(18)7-5-12/h4-7,11,14,18H,8-10,16H2,1-3H3/t11?,14-/m0/s1. The molecule has 112 valence electrons. The Hall–Kier alpha value is -1.20. The molecular formula is C15H24N2O2S. The SMILES string of the molecule is CSCCC(C)N(C)C(=O)[C@@H](N)Cc1ccc(O)cc1. The van der Waals surface area contributed by atoms with Gasteiger partial charge in [-0.1, -0.05) is 12.1 Å². The molecule has 1 aromatic carbocycles. The number of phenols is 1. The Kier molecular flexibility index (Phi) is 6.88. The molecule has 1 unspecified atom stereocenters. The lowest BCUT2D eigenvalue weighted by molar-refractivity contribution is -0.133. The molecule has 0 spiro atoms. The van der Waals surface area contributed by atoms with Crippen molar-refractivity contribution in [3.05, 3.63) is 29.8 Å². The minimum atomic E-state index is -0.540. The molecule has 0 aliphatic carbocycles. The quantitative estimate of drug-likeness (QED) is 0.806. The van der Waals surface area contributed by atoms with Gasteiger partial charge in [-0.25, -0.2) is 0 Å². The maximum absolute atomic E-state index is 12.3. The highest BCUT2D eigenvalue weighted by Crippen LogP contribution is 2.13. The summed E-state index contributed by atoms with van der Waals surface area (Å²) in [6.07, 6.45) is 3.51. The van der Waals surface area contributed by atoms with Crippen LogP contribution in [0.3, 0.4) is 0 Å². The number of thioether (sulfide) groups is 1. The third-order valence-corrected chi connectivity index (χ3v) is 4.10. The van der Waals surface area contributed by atoms with Gasteiger partial charge in [0.15, 0.2) is 0 Å². The van der Waals surface area contributed by atoms with Gasteiger partial charge in [0.1, 0.15) is 5.75 Å². The zero-order valence-electron chi connectivity index (χ0n) is 12.4. The van der Waals surface area contributed by atoms with Crippen LogP contribution in [0, 0.1) is 0 Å². The lowest BCUT2D eigenvalue weighted by Gasteiger charge is -2.27. The fraction of sp³-hybridized carbons (Fsp3) is 0.533. The van der Waals surface area contributed by atoms with Gasteiger partial charge in [-0.2, -0.15) is 11.8 Å². The number of hydrogen-bond donors (Lipinski definition) is 2. The minimum absolute atomic E-state index is 0.0355. The Labute approximate surface area is 125 Å².